The minimum absolute atomic E-state index is 0.621. The number of aromatic nitrogens is 3. The van der Waals surface area contributed by atoms with Crippen LogP contribution in [0.25, 0.3) is 11.5 Å². The zero-order chi connectivity index (χ0) is 14.5. The first kappa shape index (κ1) is 15.1. The van der Waals surface area contributed by atoms with Crippen molar-refractivity contribution in [3.8, 4) is 11.5 Å². The Balaban J connectivity index is 2.59. The van der Waals surface area contributed by atoms with Gasteiger partial charge in [-0.05, 0) is 59.4 Å². The van der Waals surface area contributed by atoms with Crippen LogP contribution in [0.2, 0.25) is 0 Å². The number of nitrogens with zero attached hydrogens (tertiary/aromatic N) is 3. The molecule has 0 aliphatic carbocycles. The lowest BCUT2D eigenvalue weighted by Gasteiger charge is -2.13. The van der Waals surface area contributed by atoms with Crippen LogP contribution in [0.5, 0.6) is 0 Å². The van der Waals surface area contributed by atoms with E-state index in [-0.39, 0.29) is 0 Å². The molecule has 4 nitrogen and oxygen atoms in total. The molecule has 5 heteroatoms. The van der Waals surface area contributed by atoms with Crippen molar-refractivity contribution in [3.05, 3.63) is 39.8 Å². The average molecular weight is 335 g/mol. The fraction of sp³-hybridized carbons (Fsp3) is 0.400. The molecule has 2 N–H and O–H groups in total. The summed E-state index contributed by atoms with van der Waals surface area (Å²) in [5, 5.41) is 0. The molecule has 0 aliphatic heterocycles. The Morgan fingerprint density at radius 2 is 1.80 bits per heavy atom. The fourth-order valence-electron chi connectivity index (χ4n) is 2.26. The molecule has 0 fully saturated rings. The lowest BCUT2D eigenvalue weighted by Crippen LogP contribution is -2.12. The molecule has 20 heavy (non-hydrogen) atoms. The maximum atomic E-state index is 5.71. The van der Waals surface area contributed by atoms with Gasteiger partial charge in [0.25, 0.3) is 0 Å². The summed E-state index contributed by atoms with van der Waals surface area (Å²) in [6, 6.07) is 3.84. The summed E-state index contributed by atoms with van der Waals surface area (Å²) >= 11 is 3.51. The van der Waals surface area contributed by atoms with Crippen LogP contribution < -0.4 is 5.73 Å². The van der Waals surface area contributed by atoms with Crippen molar-refractivity contribution >= 4 is 15.9 Å². The summed E-state index contributed by atoms with van der Waals surface area (Å²) in [5.41, 5.74) is 9.85. The third-order valence-corrected chi connectivity index (χ3v) is 3.85. The van der Waals surface area contributed by atoms with E-state index in [9.17, 15) is 0 Å². The van der Waals surface area contributed by atoms with Crippen molar-refractivity contribution in [2.24, 2.45) is 5.73 Å². The van der Waals surface area contributed by atoms with Crippen molar-refractivity contribution in [2.75, 3.05) is 6.54 Å². The molecule has 2 heterocycles. The van der Waals surface area contributed by atoms with E-state index in [0.717, 1.165) is 40.8 Å². The molecule has 0 radical (unpaired) electrons. The molecule has 0 spiro atoms. The van der Waals surface area contributed by atoms with Gasteiger partial charge in [0.1, 0.15) is 5.69 Å². The second-order valence-electron chi connectivity index (χ2n) is 4.50. The minimum atomic E-state index is 0.621. The normalized spacial score (nSPS) is 10.8. The van der Waals surface area contributed by atoms with Gasteiger partial charge in [-0.15, -0.1) is 0 Å². The molecule has 0 bridgehead atoms. The highest BCUT2D eigenvalue weighted by atomic mass is 79.9. The second-order valence-corrected chi connectivity index (χ2v) is 5.35. The average Bonchev–Trinajstić information content (AvgIpc) is 2.48. The van der Waals surface area contributed by atoms with Gasteiger partial charge >= 0.3 is 0 Å². The first-order valence-corrected chi connectivity index (χ1v) is 7.70. The van der Waals surface area contributed by atoms with Crippen LogP contribution in [0.15, 0.2) is 22.8 Å². The monoisotopic (exact) mass is 334 g/mol. The van der Waals surface area contributed by atoms with E-state index >= 15 is 0 Å². The molecule has 0 unspecified atom stereocenters. The minimum Gasteiger partial charge on any atom is -0.330 e. The maximum absolute atomic E-state index is 5.71. The summed E-state index contributed by atoms with van der Waals surface area (Å²) in [5.74, 6) is 0.687. The molecule has 0 saturated carbocycles. The summed E-state index contributed by atoms with van der Waals surface area (Å²) in [6.07, 6.45) is 4.34. The summed E-state index contributed by atoms with van der Waals surface area (Å²) in [7, 11) is 0. The fourth-order valence-corrected chi connectivity index (χ4v) is 2.69. The Hall–Kier alpha value is -1.33. The van der Waals surface area contributed by atoms with Crippen molar-refractivity contribution in [2.45, 2.75) is 33.1 Å². The van der Waals surface area contributed by atoms with Crippen LogP contribution in [0.3, 0.4) is 0 Å². The van der Waals surface area contributed by atoms with E-state index in [2.05, 4.69) is 34.8 Å². The molecule has 2 rings (SSSR count). The summed E-state index contributed by atoms with van der Waals surface area (Å²) in [4.78, 5) is 13.8. The first-order valence-electron chi connectivity index (χ1n) is 6.90. The van der Waals surface area contributed by atoms with Gasteiger partial charge in [-0.2, -0.15) is 0 Å². The lowest BCUT2D eigenvalue weighted by atomic mass is 10.0. The standard InChI is InChI=1S/C15H19BrN4/c1-3-12-10(7-8-17)13(4-2)20-15(19-12)14-11(16)6-5-9-18-14/h5-6,9H,3-4,7-8,17H2,1-2H3. The van der Waals surface area contributed by atoms with Crippen LogP contribution >= 0.6 is 15.9 Å². The molecule has 0 amide bonds. The van der Waals surface area contributed by atoms with Gasteiger partial charge in [0.05, 0.1) is 0 Å². The van der Waals surface area contributed by atoms with Gasteiger partial charge in [-0.3, -0.25) is 4.98 Å². The highest BCUT2D eigenvalue weighted by Gasteiger charge is 2.15. The number of hydrogen-bond donors (Lipinski definition) is 1. The second kappa shape index (κ2) is 6.90. The van der Waals surface area contributed by atoms with Gasteiger partial charge in [0.15, 0.2) is 5.82 Å². The third kappa shape index (κ3) is 3.04. The van der Waals surface area contributed by atoms with Crippen molar-refractivity contribution in [1.82, 2.24) is 15.0 Å². The van der Waals surface area contributed by atoms with Gasteiger partial charge in [-0.25, -0.2) is 9.97 Å². The Kier molecular flexibility index (Phi) is 5.20. The van der Waals surface area contributed by atoms with E-state index in [1.54, 1.807) is 6.20 Å². The molecule has 0 saturated heterocycles. The predicted molar refractivity (Wildman–Crippen MR) is 84.5 cm³/mol. The van der Waals surface area contributed by atoms with E-state index in [1.807, 2.05) is 12.1 Å². The van der Waals surface area contributed by atoms with E-state index in [4.69, 9.17) is 15.7 Å². The number of nitrogens with two attached hydrogens (primary N) is 1. The van der Waals surface area contributed by atoms with Crippen LogP contribution in [0.4, 0.5) is 0 Å². The quantitative estimate of drug-likeness (QED) is 0.912. The van der Waals surface area contributed by atoms with E-state index < -0.39 is 0 Å². The Bertz CT molecular complexity index is 573. The molecule has 2 aromatic rings. The first-order chi connectivity index (χ1) is 9.71. The summed E-state index contributed by atoms with van der Waals surface area (Å²) < 4.78 is 0.913. The number of aryl methyl sites for hydroxylation is 2. The molecular weight excluding hydrogens is 316 g/mol. The smallest absolute Gasteiger partial charge is 0.179 e. The Morgan fingerprint density at radius 1 is 1.15 bits per heavy atom. The zero-order valence-corrected chi connectivity index (χ0v) is 13.4. The highest BCUT2D eigenvalue weighted by molar-refractivity contribution is 9.10. The van der Waals surface area contributed by atoms with Gasteiger partial charge in [-0.1, -0.05) is 13.8 Å². The Labute approximate surface area is 128 Å². The van der Waals surface area contributed by atoms with Crippen LogP contribution in [0, 0.1) is 0 Å². The largest absolute Gasteiger partial charge is 0.330 e. The van der Waals surface area contributed by atoms with Gasteiger partial charge in [0.2, 0.25) is 0 Å². The topological polar surface area (TPSA) is 64.7 Å². The van der Waals surface area contributed by atoms with E-state index in [0.29, 0.717) is 12.4 Å². The third-order valence-electron chi connectivity index (χ3n) is 3.21. The molecular formula is C15H19BrN4. The number of rotatable bonds is 5. The molecule has 2 aromatic heterocycles. The maximum Gasteiger partial charge on any atom is 0.179 e. The predicted octanol–water partition coefficient (Wildman–Crippen LogP) is 2.93. The van der Waals surface area contributed by atoms with E-state index in [1.165, 1.54) is 5.56 Å². The number of pyridine rings is 1. The molecule has 106 valence electrons. The van der Waals surface area contributed by atoms with Crippen LogP contribution in [-0.2, 0) is 19.3 Å². The Morgan fingerprint density at radius 3 is 2.30 bits per heavy atom. The zero-order valence-electron chi connectivity index (χ0n) is 11.9. The van der Waals surface area contributed by atoms with Crippen molar-refractivity contribution in [3.63, 3.8) is 0 Å². The summed E-state index contributed by atoms with van der Waals surface area (Å²) in [6.45, 7) is 4.84. The van der Waals surface area contributed by atoms with Gasteiger partial charge < -0.3 is 5.73 Å². The number of hydrogen-bond acceptors (Lipinski definition) is 4. The molecule has 0 aromatic carbocycles. The van der Waals surface area contributed by atoms with Crippen molar-refractivity contribution in [1.29, 1.82) is 0 Å². The molecule has 0 aliphatic rings. The SMILES string of the molecule is CCc1nc(-c2ncccc2Br)nc(CC)c1CCN. The van der Waals surface area contributed by atoms with Gasteiger partial charge in [0, 0.05) is 22.1 Å². The number of halogens is 1. The van der Waals surface area contributed by atoms with Crippen molar-refractivity contribution < 1.29 is 0 Å². The lowest BCUT2D eigenvalue weighted by molar-refractivity contribution is 0.842. The highest BCUT2D eigenvalue weighted by Crippen LogP contribution is 2.25. The van der Waals surface area contributed by atoms with Crippen LogP contribution in [0.1, 0.15) is 30.8 Å². The van der Waals surface area contributed by atoms with Crippen LogP contribution in [-0.4, -0.2) is 21.5 Å². The molecule has 0 atom stereocenters.